The molecule has 13 heteroatoms. The summed E-state index contributed by atoms with van der Waals surface area (Å²) >= 11 is 0. The molecule has 0 radical (unpaired) electrons. The fourth-order valence-corrected chi connectivity index (χ4v) is 5.25. The van der Waals surface area contributed by atoms with Gasteiger partial charge in [0, 0.05) is 41.7 Å². The molecule has 0 saturated heterocycles. The van der Waals surface area contributed by atoms with Gasteiger partial charge in [-0.25, -0.2) is 19.2 Å². The Bertz CT molecular complexity index is 1240. The molecule has 34 heavy (non-hydrogen) atoms. The molecule has 3 atom stereocenters. The van der Waals surface area contributed by atoms with Gasteiger partial charge < -0.3 is 15.4 Å². The van der Waals surface area contributed by atoms with Crippen molar-refractivity contribution in [3.63, 3.8) is 0 Å². The van der Waals surface area contributed by atoms with Crippen molar-refractivity contribution in [1.29, 1.82) is 0 Å². The van der Waals surface area contributed by atoms with Crippen LogP contribution in [0.15, 0.2) is 24.5 Å². The molecule has 180 valence electrons. The van der Waals surface area contributed by atoms with Gasteiger partial charge in [0.05, 0.1) is 0 Å². The average molecular weight is 479 g/mol. The first-order chi connectivity index (χ1) is 16.2. The lowest BCUT2D eigenvalue weighted by atomic mass is 9.50. The van der Waals surface area contributed by atoms with Gasteiger partial charge in [0.2, 0.25) is 5.95 Å². The summed E-state index contributed by atoms with van der Waals surface area (Å²) in [6.45, 7) is 0. The predicted molar refractivity (Wildman–Crippen MR) is 110 cm³/mol. The molecule has 0 aromatic carbocycles. The van der Waals surface area contributed by atoms with E-state index in [9.17, 15) is 18.0 Å². The third-order valence-corrected chi connectivity index (χ3v) is 7.08. The van der Waals surface area contributed by atoms with Gasteiger partial charge >= 0.3 is 12.3 Å². The van der Waals surface area contributed by atoms with E-state index in [0.717, 1.165) is 25.3 Å². The summed E-state index contributed by atoms with van der Waals surface area (Å²) in [5.41, 5.74) is -0.721. The van der Waals surface area contributed by atoms with Gasteiger partial charge in [0.15, 0.2) is 11.5 Å². The van der Waals surface area contributed by atoms with E-state index in [4.69, 9.17) is 4.74 Å². The molecule has 3 aromatic rings. The number of alkyl halides is 4. The van der Waals surface area contributed by atoms with E-state index < -0.39 is 36.2 Å². The van der Waals surface area contributed by atoms with Crippen LogP contribution in [0.3, 0.4) is 0 Å². The number of hydrogen-bond acceptors (Lipinski definition) is 6. The molecule has 2 bridgehead atoms. The van der Waals surface area contributed by atoms with Crippen LogP contribution in [0.1, 0.15) is 49.4 Å². The Balaban J connectivity index is 1.14. The van der Waals surface area contributed by atoms with Crippen molar-refractivity contribution in [3.05, 3.63) is 35.9 Å². The summed E-state index contributed by atoms with van der Waals surface area (Å²) < 4.78 is 61.4. The van der Waals surface area contributed by atoms with Crippen molar-refractivity contribution in [2.75, 3.05) is 5.32 Å². The Morgan fingerprint density at radius 1 is 1.24 bits per heavy atom. The molecule has 4 aliphatic rings. The molecule has 0 spiro atoms. The maximum absolute atomic E-state index is 15.1. The lowest BCUT2D eigenvalue weighted by molar-refractivity contribution is -0.141. The number of hydrogen-bond donors (Lipinski definition) is 3. The van der Waals surface area contributed by atoms with E-state index in [1.54, 1.807) is 0 Å². The number of aromatic nitrogens is 5. The Morgan fingerprint density at radius 2 is 2.03 bits per heavy atom. The van der Waals surface area contributed by atoms with Gasteiger partial charge in [-0.1, -0.05) is 0 Å². The number of H-pyrrole nitrogens is 1. The smallest absolute Gasteiger partial charge is 0.433 e. The number of nitrogens with one attached hydrogen (secondary N) is 3. The molecule has 3 aromatic heterocycles. The van der Waals surface area contributed by atoms with Crippen LogP contribution in [0.4, 0.5) is 34.1 Å². The average Bonchev–Trinajstić information content (AvgIpc) is 3.44. The van der Waals surface area contributed by atoms with Gasteiger partial charge in [-0.05, 0) is 38.0 Å². The minimum Gasteiger partial charge on any atom is -0.443 e. The third kappa shape index (κ3) is 3.53. The molecule has 4 saturated carbocycles. The molecule has 9 nitrogen and oxygen atoms in total. The van der Waals surface area contributed by atoms with Gasteiger partial charge in [0.1, 0.15) is 17.9 Å². The predicted octanol–water partition coefficient (Wildman–Crippen LogP) is 4.08. The van der Waals surface area contributed by atoms with E-state index in [1.165, 1.54) is 22.9 Å². The number of rotatable bonds is 5. The number of carbonyl (C=O) groups excluding carboxylic acids is 1. The summed E-state index contributed by atoms with van der Waals surface area (Å²) in [6, 6.07) is 2.36. The van der Waals surface area contributed by atoms with Crippen molar-refractivity contribution in [2.45, 2.75) is 62.0 Å². The molecule has 0 aliphatic heterocycles. The van der Waals surface area contributed by atoms with Crippen molar-refractivity contribution in [1.82, 2.24) is 29.9 Å². The van der Waals surface area contributed by atoms with E-state index in [1.807, 2.05) is 0 Å². The zero-order valence-electron chi connectivity index (χ0n) is 17.8. The van der Waals surface area contributed by atoms with Crippen LogP contribution < -0.4 is 10.6 Å². The quantitative estimate of drug-likeness (QED) is 0.476. The first kappa shape index (κ1) is 21.2. The number of aromatic amines is 1. The highest BCUT2D eigenvalue weighted by Crippen LogP contribution is 2.57. The van der Waals surface area contributed by atoms with Crippen molar-refractivity contribution < 1.29 is 27.1 Å². The van der Waals surface area contributed by atoms with Gasteiger partial charge in [-0.3, -0.25) is 9.50 Å². The SMILES string of the molecule is O=C(NC12CC(C1)C2)O[C@@H]1CC[C@H](c2cc(Nc3nc(C(F)(F)F)cc4nccn34)n[nH]2)[C@@H]1F. The minimum absolute atomic E-state index is 0.0670. The second kappa shape index (κ2) is 7.31. The highest BCUT2D eigenvalue weighted by molar-refractivity contribution is 5.69. The Kier molecular flexibility index (Phi) is 4.55. The number of imidazole rings is 1. The summed E-state index contributed by atoms with van der Waals surface area (Å²) in [5.74, 6) is 0.160. The summed E-state index contributed by atoms with van der Waals surface area (Å²) in [7, 11) is 0. The zero-order chi connectivity index (χ0) is 23.7. The number of alkyl carbamates (subject to hydrolysis) is 1. The largest absolute Gasteiger partial charge is 0.443 e. The number of nitrogens with zero attached hydrogens (tertiary/aromatic N) is 4. The molecule has 4 fully saturated rings. The maximum atomic E-state index is 15.1. The number of carbonyl (C=O) groups is 1. The maximum Gasteiger partial charge on any atom is 0.433 e. The van der Waals surface area contributed by atoms with Crippen LogP contribution in [0.5, 0.6) is 0 Å². The fourth-order valence-electron chi connectivity index (χ4n) is 5.25. The highest BCUT2D eigenvalue weighted by atomic mass is 19.4. The highest BCUT2D eigenvalue weighted by Gasteiger charge is 2.58. The Hall–Kier alpha value is -3.38. The van der Waals surface area contributed by atoms with Crippen molar-refractivity contribution >= 4 is 23.5 Å². The normalized spacial score (nSPS) is 30.0. The van der Waals surface area contributed by atoms with Crippen LogP contribution in [0.2, 0.25) is 0 Å². The van der Waals surface area contributed by atoms with Crippen molar-refractivity contribution in [3.8, 4) is 0 Å². The van der Waals surface area contributed by atoms with Crippen LogP contribution in [0, 0.1) is 5.92 Å². The topological polar surface area (TPSA) is 109 Å². The number of anilines is 2. The molecule has 3 heterocycles. The standard InChI is InChI=1S/C21H21F4N7O2/c22-17-11(1-2-13(17)34-19(33)29-20-7-10(8-20)9-20)12-5-15(31-30-12)28-18-27-14(21(23,24)25)6-16-26-3-4-32(16)18/h3-6,10-11,13,17H,1-2,7-9H2,(H,29,33)(H2,27,28,30,31)/t10?,11-,13-,17+,20?/m1/s1. The number of halogens is 4. The van der Waals surface area contributed by atoms with Crippen LogP contribution >= 0.6 is 0 Å². The first-order valence-electron chi connectivity index (χ1n) is 11.1. The monoisotopic (exact) mass is 479 g/mol. The molecular formula is C21H21F4N7O2. The fraction of sp³-hybridized carbons (Fsp3) is 0.524. The molecule has 3 N–H and O–H groups in total. The van der Waals surface area contributed by atoms with Gasteiger partial charge in [-0.15, -0.1) is 0 Å². The van der Waals surface area contributed by atoms with Crippen LogP contribution in [0.25, 0.3) is 5.65 Å². The minimum atomic E-state index is -4.65. The number of amides is 1. The van der Waals surface area contributed by atoms with Crippen LogP contribution in [-0.4, -0.2) is 48.5 Å². The molecular weight excluding hydrogens is 458 g/mol. The van der Waals surface area contributed by atoms with E-state index in [-0.39, 0.29) is 23.0 Å². The second-order valence-corrected chi connectivity index (χ2v) is 9.41. The Morgan fingerprint density at radius 3 is 2.74 bits per heavy atom. The molecule has 1 amide bonds. The summed E-state index contributed by atoms with van der Waals surface area (Å²) in [4.78, 5) is 19.7. The molecule has 4 aliphatic carbocycles. The number of fused-ring (bicyclic) bond motifs is 1. The Labute approximate surface area is 190 Å². The second-order valence-electron chi connectivity index (χ2n) is 9.41. The van der Waals surface area contributed by atoms with E-state index in [2.05, 4.69) is 30.8 Å². The zero-order valence-corrected chi connectivity index (χ0v) is 17.8. The van der Waals surface area contributed by atoms with E-state index in [0.29, 0.717) is 24.5 Å². The van der Waals surface area contributed by atoms with Gasteiger partial charge in [0.25, 0.3) is 0 Å². The van der Waals surface area contributed by atoms with E-state index >= 15 is 4.39 Å². The number of ether oxygens (including phenoxy) is 1. The lowest BCUT2D eigenvalue weighted by Crippen LogP contribution is -2.68. The lowest BCUT2D eigenvalue weighted by Gasteiger charge is -2.61. The third-order valence-electron chi connectivity index (χ3n) is 7.08. The molecule has 0 unspecified atom stereocenters. The van der Waals surface area contributed by atoms with Gasteiger partial charge in [-0.2, -0.15) is 18.3 Å². The molecule has 7 rings (SSSR count). The van der Waals surface area contributed by atoms with Crippen LogP contribution in [-0.2, 0) is 10.9 Å². The first-order valence-corrected chi connectivity index (χ1v) is 11.1. The van der Waals surface area contributed by atoms with Crippen molar-refractivity contribution in [2.24, 2.45) is 5.92 Å². The summed E-state index contributed by atoms with van der Waals surface area (Å²) in [5, 5.41) is 12.4. The summed E-state index contributed by atoms with van der Waals surface area (Å²) in [6.07, 6.45) is -1.03.